The molecule has 0 aliphatic heterocycles. The number of nitrogens with zero attached hydrogens (tertiary/aromatic N) is 3. The second-order valence-electron chi connectivity index (χ2n) is 6.44. The Morgan fingerprint density at radius 2 is 1.73 bits per heavy atom. The van der Waals surface area contributed by atoms with Gasteiger partial charge in [-0.05, 0) is 30.3 Å². The van der Waals surface area contributed by atoms with Gasteiger partial charge in [-0.15, -0.1) is 11.3 Å². The maximum absolute atomic E-state index is 11.9. The largest absolute Gasteiger partial charge is 0.465 e. The van der Waals surface area contributed by atoms with Crippen LogP contribution in [-0.4, -0.2) is 36.1 Å². The van der Waals surface area contributed by atoms with E-state index in [1.807, 2.05) is 6.07 Å². The lowest BCUT2D eigenvalue weighted by Crippen LogP contribution is -2.07. The van der Waals surface area contributed by atoms with Gasteiger partial charge in [-0.2, -0.15) is 5.26 Å². The highest BCUT2D eigenvalue weighted by molar-refractivity contribution is 7.11. The number of non-ortho nitro benzene ring substituents is 1. The highest BCUT2D eigenvalue weighted by atomic mass is 32.1. The standard InChI is InChI=1S/C22H16N4O6S/c1-31-21(27)14-7-15(22(28)32-2)9-17(8-14)24-11-16(10-23)20-25-19(12-33-20)13-3-5-18(6-4-13)26(29)30/h3-9,11-12,24H,1-2H3. The van der Waals surface area contributed by atoms with Gasteiger partial charge in [-0.1, -0.05) is 0 Å². The van der Waals surface area contributed by atoms with Gasteiger partial charge < -0.3 is 14.8 Å². The number of ether oxygens (including phenoxy) is 2. The van der Waals surface area contributed by atoms with Crippen molar-refractivity contribution in [2.24, 2.45) is 0 Å². The van der Waals surface area contributed by atoms with E-state index in [2.05, 4.69) is 10.3 Å². The highest BCUT2D eigenvalue weighted by Gasteiger charge is 2.15. The molecule has 3 rings (SSSR count). The first kappa shape index (κ1) is 23.1. The number of esters is 2. The van der Waals surface area contributed by atoms with Crippen LogP contribution in [0.3, 0.4) is 0 Å². The molecule has 1 aromatic heterocycles. The Morgan fingerprint density at radius 3 is 2.24 bits per heavy atom. The summed E-state index contributed by atoms with van der Waals surface area (Å²) in [6.45, 7) is 0. The molecule has 0 unspecified atom stereocenters. The lowest BCUT2D eigenvalue weighted by atomic mass is 10.1. The fourth-order valence-corrected chi connectivity index (χ4v) is 3.56. The minimum absolute atomic E-state index is 0.0310. The number of thiazole rings is 1. The van der Waals surface area contributed by atoms with Crippen LogP contribution in [0.15, 0.2) is 54.0 Å². The highest BCUT2D eigenvalue weighted by Crippen LogP contribution is 2.27. The second-order valence-corrected chi connectivity index (χ2v) is 7.30. The molecule has 1 N–H and O–H groups in total. The summed E-state index contributed by atoms with van der Waals surface area (Å²) in [5, 5.41) is 25.4. The summed E-state index contributed by atoms with van der Waals surface area (Å²) >= 11 is 1.22. The van der Waals surface area contributed by atoms with E-state index in [4.69, 9.17) is 9.47 Å². The van der Waals surface area contributed by atoms with Gasteiger partial charge in [0, 0.05) is 35.0 Å². The molecular weight excluding hydrogens is 448 g/mol. The monoisotopic (exact) mass is 464 g/mol. The van der Waals surface area contributed by atoms with E-state index >= 15 is 0 Å². The third-order valence-corrected chi connectivity index (χ3v) is 5.26. The van der Waals surface area contributed by atoms with Crippen molar-refractivity contribution in [1.29, 1.82) is 5.26 Å². The number of hydrogen-bond acceptors (Lipinski definition) is 10. The first-order valence-electron chi connectivity index (χ1n) is 9.25. The van der Waals surface area contributed by atoms with E-state index in [0.717, 1.165) is 0 Å². The number of anilines is 1. The van der Waals surface area contributed by atoms with Crippen molar-refractivity contribution in [2.45, 2.75) is 0 Å². The van der Waals surface area contributed by atoms with Crippen molar-refractivity contribution in [3.63, 3.8) is 0 Å². The van der Waals surface area contributed by atoms with E-state index in [1.165, 1.54) is 62.1 Å². The quantitative estimate of drug-likeness (QED) is 0.234. The van der Waals surface area contributed by atoms with E-state index in [0.29, 0.717) is 22.0 Å². The normalized spacial score (nSPS) is 10.8. The number of nitro groups is 1. The molecule has 0 fully saturated rings. The van der Waals surface area contributed by atoms with Crippen molar-refractivity contribution in [3.8, 4) is 17.3 Å². The van der Waals surface area contributed by atoms with Gasteiger partial charge in [0.2, 0.25) is 0 Å². The predicted octanol–water partition coefficient (Wildman–Crippen LogP) is 4.27. The lowest BCUT2D eigenvalue weighted by molar-refractivity contribution is -0.384. The molecule has 10 nitrogen and oxygen atoms in total. The Kier molecular flexibility index (Phi) is 7.12. The number of nitrogens with one attached hydrogen (secondary N) is 1. The number of hydrogen-bond donors (Lipinski definition) is 1. The Morgan fingerprint density at radius 1 is 1.12 bits per heavy atom. The fourth-order valence-electron chi connectivity index (χ4n) is 2.76. The third-order valence-electron chi connectivity index (χ3n) is 4.39. The Balaban J connectivity index is 1.87. The third kappa shape index (κ3) is 5.38. The van der Waals surface area contributed by atoms with Gasteiger partial charge >= 0.3 is 11.9 Å². The number of benzene rings is 2. The summed E-state index contributed by atoms with van der Waals surface area (Å²) in [6.07, 6.45) is 1.40. The SMILES string of the molecule is COC(=O)c1cc(NC=C(C#N)c2nc(-c3ccc([N+](=O)[O-])cc3)cs2)cc(C(=O)OC)c1. The molecule has 0 aliphatic carbocycles. The zero-order valence-corrected chi connectivity index (χ0v) is 18.2. The molecular formula is C22H16N4O6S. The zero-order valence-electron chi connectivity index (χ0n) is 17.4. The predicted molar refractivity (Wildman–Crippen MR) is 121 cm³/mol. The van der Waals surface area contributed by atoms with Gasteiger partial charge in [-0.25, -0.2) is 14.6 Å². The lowest BCUT2D eigenvalue weighted by Gasteiger charge is -2.08. The zero-order chi connectivity index (χ0) is 24.0. The van der Waals surface area contributed by atoms with Crippen LogP contribution in [0.2, 0.25) is 0 Å². The number of carbonyl (C=O) groups excluding carboxylic acids is 2. The van der Waals surface area contributed by atoms with E-state index < -0.39 is 16.9 Å². The molecule has 0 saturated carbocycles. The van der Waals surface area contributed by atoms with Crippen LogP contribution in [0.25, 0.3) is 16.8 Å². The van der Waals surface area contributed by atoms with Crippen LogP contribution >= 0.6 is 11.3 Å². The molecule has 33 heavy (non-hydrogen) atoms. The molecule has 0 spiro atoms. The van der Waals surface area contributed by atoms with E-state index in [1.54, 1.807) is 17.5 Å². The second kappa shape index (κ2) is 10.2. The Labute approximate surface area is 191 Å². The molecule has 2 aromatic carbocycles. The van der Waals surface area contributed by atoms with Crippen LogP contribution in [0.1, 0.15) is 25.7 Å². The van der Waals surface area contributed by atoms with Crippen molar-refractivity contribution in [2.75, 3.05) is 19.5 Å². The van der Waals surface area contributed by atoms with Crippen molar-refractivity contribution >= 4 is 40.2 Å². The topological polar surface area (TPSA) is 144 Å². The van der Waals surface area contributed by atoms with Gasteiger partial charge in [0.15, 0.2) is 0 Å². The number of allylic oxidation sites excluding steroid dienone is 1. The average Bonchev–Trinajstić information content (AvgIpc) is 3.33. The van der Waals surface area contributed by atoms with Gasteiger partial charge in [0.05, 0.1) is 36.0 Å². The van der Waals surface area contributed by atoms with Gasteiger partial charge in [0.25, 0.3) is 5.69 Å². The number of nitro benzene ring substituents is 1. The van der Waals surface area contributed by atoms with Crippen LogP contribution in [-0.2, 0) is 9.47 Å². The first-order chi connectivity index (χ1) is 15.9. The fraction of sp³-hybridized carbons (Fsp3) is 0.0909. The molecule has 0 radical (unpaired) electrons. The van der Waals surface area contributed by atoms with Crippen LogP contribution in [0, 0.1) is 21.4 Å². The molecule has 3 aromatic rings. The number of aromatic nitrogens is 1. The van der Waals surface area contributed by atoms with E-state index in [9.17, 15) is 25.0 Å². The molecule has 0 saturated heterocycles. The molecule has 1 heterocycles. The molecule has 0 bridgehead atoms. The van der Waals surface area contributed by atoms with Crippen molar-refractivity contribution in [3.05, 3.63) is 80.3 Å². The van der Waals surface area contributed by atoms with E-state index in [-0.39, 0.29) is 22.4 Å². The summed E-state index contributed by atoms with van der Waals surface area (Å²) in [4.78, 5) is 38.6. The molecule has 11 heteroatoms. The maximum atomic E-state index is 11.9. The van der Waals surface area contributed by atoms with Crippen molar-refractivity contribution < 1.29 is 24.0 Å². The first-order valence-corrected chi connectivity index (χ1v) is 10.1. The van der Waals surface area contributed by atoms with Crippen LogP contribution in [0.5, 0.6) is 0 Å². The summed E-state index contributed by atoms with van der Waals surface area (Å²) < 4.78 is 9.42. The minimum Gasteiger partial charge on any atom is -0.465 e. The van der Waals surface area contributed by atoms with Crippen LogP contribution < -0.4 is 5.32 Å². The summed E-state index contributed by atoms with van der Waals surface area (Å²) in [7, 11) is 2.44. The van der Waals surface area contributed by atoms with Gasteiger partial charge in [-0.3, -0.25) is 10.1 Å². The number of methoxy groups -OCH3 is 2. The maximum Gasteiger partial charge on any atom is 0.337 e. The smallest absolute Gasteiger partial charge is 0.337 e. The van der Waals surface area contributed by atoms with Crippen LogP contribution in [0.4, 0.5) is 11.4 Å². The Hall–Kier alpha value is -4.56. The average molecular weight is 464 g/mol. The number of rotatable bonds is 7. The molecule has 0 amide bonds. The Bertz CT molecular complexity index is 1260. The minimum atomic E-state index is -0.638. The molecule has 0 atom stereocenters. The van der Waals surface area contributed by atoms with Crippen molar-refractivity contribution in [1.82, 2.24) is 4.98 Å². The number of carbonyl (C=O) groups is 2. The number of nitriles is 1. The molecule has 166 valence electrons. The summed E-state index contributed by atoms with van der Waals surface area (Å²) in [6, 6.07) is 12.2. The van der Waals surface area contributed by atoms with Gasteiger partial charge in [0.1, 0.15) is 16.6 Å². The summed E-state index contributed by atoms with van der Waals surface area (Å²) in [5.74, 6) is -1.28. The molecule has 0 aliphatic rings. The summed E-state index contributed by atoms with van der Waals surface area (Å²) in [5.41, 5.74) is 2.02.